The molecule has 3 nitrogen and oxygen atoms in total. The van der Waals surface area contributed by atoms with E-state index in [1.807, 2.05) is 0 Å². The monoisotopic (exact) mass is 210 g/mol. The fourth-order valence-electron chi connectivity index (χ4n) is 2.16. The predicted molar refractivity (Wildman–Crippen MR) is 54.4 cm³/mol. The summed E-state index contributed by atoms with van der Waals surface area (Å²) in [6, 6.07) is 0. The minimum absolute atomic E-state index is 0.0485. The van der Waals surface area contributed by atoms with Crippen LogP contribution in [-0.2, 0) is 5.41 Å². The van der Waals surface area contributed by atoms with Crippen molar-refractivity contribution in [3.63, 3.8) is 0 Å². The standard InChI is InChI=1S/C11H15FN2O/c1-11(5-3-4-6-11)10-13-7-8(15-2)9(12)14-10/h7H,3-6H2,1-2H3. The van der Waals surface area contributed by atoms with Gasteiger partial charge < -0.3 is 4.74 Å². The van der Waals surface area contributed by atoms with E-state index < -0.39 is 5.95 Å². The summed E-state index contributed by atoms with van der Waals surface area (Å²) in [5.74, 6) is 0.161. The Labute approximate surface area is 88.7 Å². The maximum absolute atomic E-state index is 13.4. The van der Waals surface area contributed by atoms with Gasteiger partial charge in [0, 0.05) is 5.41 Å². The van der Waals surface area contributed by atoms with Crippen LogP contribution in [-0.4, -0.2) is 17.1 Å². The number of ether oxygens (including phenoxy) is 1. The highest BCUT2D eigenvalue weighted by molar-refractivity contribution is 5.18. The minimum atomic E-state index is -0.560. The Hall–Kier alpha value is -1.19. The summed E-state index contributed by atoms with van der Waals surface area (Å²) in [5, 5.41) is 0. The minimum Gasteiger partial charge on any atom is -0.491 e. The molecule has 0 atom stereocenters. The van der Waals surface area contributed by atoms with Crippen molar-refractivity contribution in [2.75, 3.05) is 7.11 Å². The molecule has 1 saturated carbocycles. The molecule has 15 heavy (non-hydrogen) atoms. The van der Waals surface area contributed by atoms with Gasteiger partial charge in [-0.25, -0.2) is 9.97 Å². The number of halogens is 1. The first-order valence-electron chi connectivity index (χ1n) is 5.23. The second-order valence-electron chi connectivity index (χ2n) is 4.32. The summed E-state index contributed by atoms with van der Waals surface area (Å²) in [4.78, 5) is 8.08. The van der Waals surface area contributed by atoms with Crippen LogP contribution in [0.15, 0.2) is 6.20 Å². The van der Waals surface area contributed by atoms with Gasteiger partial charge in [0.25, 0.3) is 5.95 Å². The van der Waals surface area contributed by atoms with E-state index in [4.69, 9.17) is 4.74 Å². The Bertz CT molecular complexity index is 362. The van der Waals surface area contributed by atoms with E-state index in [1.165, 1.54) is 26.1 Å². The number of hydrogen-bond donors (Lipinski definition) is 0. The van der Waals surface area contributed by atoms with E-state index >= 15 is 0 Å². The van der Waals surface area contributed by atoms with Gasteiger partial charge in [0.15, 0.2) is 5.75 Å². The first kappa shape index (κ1) is 10.3. The Morgan fingerprint density at radius 3 is 2.60 bits per heavy atom. The quantitative estimate of drug-likeness (QED) is 0.703. The largest absolute Gasteiger partial charge is 0.491 e. The Morgan fingerprint density at radius 1 is 1.40 bits per heavy atom. The van der Waals surface area contributed by atoms with Gasteiger partial charge in [-0.05, 0) is 12.8 Å². The van der Waals surface area contributed by atoms with Gasteiger partial charge in [-0.1, -0.05) is 19.8 Å². The fourth-order valence-corrected chi connectivity index (χ4v) is 2.16. The summed E-state index contributed by atoms with van der Waals surface area (Å²) in [5.41, 5.74) is -0.0485. The van der Waals surface area contributed by atoms with Gasteiger partial charge in [0.05, 0.1) is 13.3 Å². The van der Waals surface area contributed by atoms with Gasteiger partial charge in [-0.3, -0.25) is 0 Å². The second-order valence-corrected chi connectivity index (χ2v) is 4.32. The first-order chi connectivity index (χ1) is 7.15. The summed E-state index contributed by atoms with van der Waals surface area (Å²) >= 11 is 0. The van der Waals surface area contributed by atoms with E-state index in [1.54, 1.807) is 0 Å². The van der Waals surface area contributed by atoms with Crippen LogP contribution in [0.25, 0.3) is 0 Å². The van der Waals surface area contributed by atoms with Gasteiger partial charge in [0.2, 0.25) is 0 Å². The van der Waals surface area contributed by atoms with Crippen molar-refractivity contribution >= 4 is 0 Å². The average molecular weight is 210 g/mol. The lowest BCUT2D eigenvalue weighted by Crippen LogP contribution is -2.21. The maximum Gasteiger partial charge on any atom is 0.258 e. The van der Waals surface area contributed by atoms with Crippen molar-refractivity contribution in [3.8, 4) is 5.75 Å². The topological polar surface area (TPSA) is 35.0 Å². The molecule has 1 aliphatic rings. The van der Waals surface area contributed by atoms with E-state index in [-0.39, 0.29) is 11.2 Å². The predicted octanol–water partition coefficient (Wildman–Crippen LogP) is 2.46. The first-order valence-corrected chi connectivity index (χ1v) is 5.23. The van der Waals surface area contributed by atoms with Crippen molar-refractivity contribution in [2.45, 2.75) is 38.0 Å². The van der Waals surface area contributed by atoms with E-state index in [2.05, 4.69) is 16.9 Å². The average Bonchev–Trinajstić information content (AvgIpc) is 2.66. The van der Waals surface area contributed by atoms with Crippen molar-refractivity contribution in [1.29, 1.82) is 0 Å². The van der Waals surface area contributed by atoms with Gasteiger partial charge >= 0.3 is 0 Å². The molecule has 0 unspecified atom stereocenters. The summed E-state index contributed by atoms with van der Waals surface area (Å²) in [6.45, 7) is 2.10. The zero-order chi connectivity index (χ0) is 10.9. The SMILES string of the molecule is COc1cnc(C2(C)CCCC2)nc1F. The third-order valence-electron chi connectivity index (χ3n) is 3.18. The maximum atomic E-state index is 13.4. The van der Waals surface area contributed by atoms with Crippen molar-refractivity contribution in [3.05, 3.63) is 18.0 Å². The lowest BCUT2D eigenvalue weighted by molar-refractivity contribution is 0.363. The molecule has 2 rings (SSSR count). The molecule has 0 spiro atoms. The molecule has 1 fully saturated rings. The molecular formula is C11H15FN2O. The van der Waals surface area contributed by atoms with Crippen LogP contribution >= 0.6 is 0 Å². The molecule has 0 saturated heterocycles. The van der Waals surface area contributed by atoms with Gasteiger partial charge in [-0.2, -0.15) is 4.39 Å². The third kappa shape index (κ3) is 1.80. The number of nitrogens with zero attached hydrogens (tertiary/aromatic N) is 2. The zero-order valence-electron chi connectivity index (χ0n) is 9.09. The lowest BCUT2D eigenvalue weighted by Gasteiger charge is -2.21. The highest BCUT2D eigenvalue weighted by Gasteiger charge is 2.33. The molecule has 0 amide bonds. The third-order valence-corrected chi connectivity index (χ3v) is 3.18. The zero-order valence-corrected chi connectivity index (χ0v) is 9.09. The molecule has 1 heterocycles. The highest BCUT2D eigenvalue weighted by Crippen LogP contribution is 2.39. The molecule has 1 aliphatic carbocycles. The smallest absolute Gasteiger partial charge is 0.258 e. The number of rotatable bonds is 2. The molecule has 1 aromatic rings. The van der Waals surface area contributed by atoms with Crippen LogP contribution in [0.3, 0.4) is 0 Å². The van der Waals surface area contributed by atoms with E-state index in [0.717, 1.165) is 12.8 Å². The van der Waals surface area contributed by atoms with Crippen LogP contribution in [0.2, 0.25) is 0 Å². The number of aromatic nitrogens is 2. The van der Waals surface area contributed by atoms with E-state index in [9.17, 15) is 4.39 Å². The summed E-state index contributed by atoms with van der Waals surface area (Å²) < 4.78 is 18.2. The van der Waals surface area contributed by atoms with Crippen LogP contribution in [0, 0.1) is 5.95 Å². The molecule has 0 N–H and O–H groups in total. The molecule has 1 aromatic heterocycles. The van der Waals surface area contributed by atoms with Crippen LogP contribution in [0.1, 0.15) is 38.4 Å². The Morgan fingerprint density at radius 2 is 2.07 bits per heavy atom. The van der Waals surface area contributed by atoms with Gasteiger partial charge in [0.1, 0.15) is 5.82 Å². The number of methoxy groups -OCH3 is 1. The van der Waals surface area contributed by atoms with E-state index in [0.29, 0.717) is 5.82 Å². The molecule has 0 aliphatic heterocycles. The molecule has 0 aromatic carbocycles. The molecule has 4 heteroatoms. The second kappa shape index (κ2) is 3.76. The van der Waals surface area contributed by atoms with Crippen LogP contribution in [0.4, 0.5) is 4.39 Å². The van der Waals surface area contributed by atoms with Crippen molar-refractivity contribution in [2.24, 2.45) is 0 Å². The lowest BCUT2D eigenvalue weighted by atomic mass is 9.88. The van der Waals surface area contributed by atoms with Crippen molar-refractivity contribution in [1.82, 2.24) is 9.97 Å². The molecule has 0 bridgehead atoms. The van der Waals surface area contributed by atoms with Crippen molar-refractivity contribution < 1.29 is 9.13 Å². The molecular weight excluding hydrogens is 195 g/mol. The Balaban J connectivity index is 2.33. The summed E-state index contributed by atoms with van der Waals surface area (Å²) in [6.07, 6.45) is 5.85. The normalized spacial score (nSPS) is 19.1. The molecule has 0 radical (unpaired) electrons. The fraction of sp³-hybridized carbons (Fsp3) is 0.636. The van der Waals surface area contributed by atoms with Crippen LogP contribution in [0.5, 0.6) is 5.75 Å². The highest BCUT2D eigenvalue weighted by atomic mass is 19.1. The number of hydrogen-bond acceptors (Lipinski definition) is 3. The molecule has 82 valence electrons. The Kier molecular flexibility index (Phi) is 2.59. The summed E-state index contributed by atoms with van der Waals surface area (Å²) in [7, 11) is 1.42. The van der Waals surface area contributed by atoms with Gasteiger partial charge in [-0.15, -0.1) is 0 Å². The van der Waals surface area contributed by atoms with Crippen LogP contribution < -0.4 is 4.74 Å².